The van der Waals surface area contributed by atoms with Gasteiger partial charge in [-0.1, -0.05) is 30.3 Å². The van der Waals surface area contributed by atoms with Crippen LogP contribution < -0.4 is 10.6 Å². The molecule has 1 saturated carbocycles. The van der Waals surface area contributed by atoms with Crippen LogP contribution in [0.5, 0.6) is 0 Å². The van der Waals surface area contributed by atoms with E-state index >= 15 is 0 Å². The normalized spacial score (nSPS) is 17.1. The highest BCUT2D eigenvalue weighted by Crippen LogP contribution is 2.27. The van der Waals surface area contributed by atoms with Crippen LogP contribution in [-0.4, -0.2) is 51.5 Å². The van der Waals surface area contributed by atoms with Crippen molar-refractivity contribution in [2.24, 2.45) is 5.92 Å². The number of carbonyl (C=O) groups is 3. The van der Waals surface area contributed by atoms with Gasteiger partial charge in [0.25, 0.3) is 11.8 Å². The minimum atomic E-state index is -0.664. The second-order valence-corrected chi connectivity index (χ2v) is 8.09. The summed E-state index contributed by atoms with van der Waals surface area (Å²) < 4.78 is 1.60. The van der Waals surface area contributed by atoms with Crippen molar-refractivity contribution >= 4 is 17.7 Å². The van der Waals surface area contributed by atoms with Crippen LogP contribution in [0, 0.1) is 5.92 Å². The summed E-state index contributed by atoms with van der Waals surface area (Å²) in [7, 11) is 0. The second kappa shape index (κ2) is 8.69. The number of aromatic nitrogens is 2. The van der Waals surface area contributed by atoms with Gasteiger partial charge in [0.15, 0.2) is 5.69 Å². The molecule has 2 aromatic rings. The van der Waals surface area contributed by atoms with Crippen LogP contribution in [-0.2, 0) is 17.9 Å². The molecule has 0 bridgehead atoms. The van der Waals surface area contributed by atoms with Crippen LogP contribution in [0.3, 0.4) is 0 Å². The molecular weight excluding hydrogens is 382 g/mol. The van der Waals surface area contributed by atoms with E-state index in [4.69, 9.17) is 0 Å². The number of nitrogens with zero attached hydrogens (tertiary/aromatic N) is 3. The van der Waals surface area contributed by atoms with E-state index in [1.165, 1.54) is 6.07 Å². The topological polar surface area (TPSA) is 96.3 Å². The Balaban J connectivity index is 1.41. The van der Waals surface area contributed by atoms with Gasteiger partial charge in [-0.05, 0) is 37.7 Å². The van der Waals surface area contributed by atoms with Crippen molar-refractivity contribution in [3.63, 3.8) is 0 Å². The van der Waals surface area contributed by atoms with E-state index < -0.39 is 11.9 Å². The molecule has 8 nitrogen and oxygen atoms in total. The van der Waals surface area contributed by atoms with Gasteiger partial charge in [0.1, 0.15) is 11.7 Å². The molecule has 2 heterocycles. The van der Waals surface area contributed by atoms with E-state index in [1.807, 2.05) is 30.3 Å². The quantitative estimate of drug-likeness (QED) is 0.726. The molecule has 4 rings (SSSR count). The van der Waals surface area contributed by atoms with Crippen molar-refractivity contribution in [1.82, 2.24) is 25.3 Å². The van der Waals surface area contributed by atoms with E-state index in [1.54, 1.807) is 16.5 Å². The molecule has 0 saturated heterocycles. The Hall–Kier alpha value is -3.16. The van der Waals surface area contributed by atoms with Gasteiger partial charge in [-0.2, -0.15) is 5.10 Å². The van der Waals surface area contributed by atoms with Crippen molar-refractivity contribution in [2.75, 3.05) is 13.1 Å². The first kappa shape index (κ1) is 20.1. The number of rotatable bonds is 7. The first-order valence-electron chi connectivity index (χ1n) is 10.5. The summed E-state index contributed by atoms with van der Waals surface area (Å²) in [5, 5.41) is 9.86. The van der Waals surface area contributed by atoms with Gasteiger partial charge >= 0.3 is 0 Å². The number of benzene rings is 1. The third-order valence-electron chi connectivity index (χ3n) is 5.54. The maximum atomic E-state index is 13.0. The fourth-order valence-electron chi connectivity index (χ4n) is 3.56. The Labute approximate surface area is 175 Å². The fraction of sp³-hybridized carbons (Fsp3) is 0.455. The molecular formula is C22H27N5O3. The molecule has 0 unspecified atom stereocenters. The predicted octanol–water partition coefficient (Wildman–Crippen LogP) is 1.57. The maximum absolute atomic E-state index is 13.0. The zero-order valence-electron chi connectivity index (χ0n) is 17.1. The lowest BCUT2D eigenvalue weighted by molar-refractivity contribution is -0.122. The minimum Gasteiger partial charge on any atom is -0.354 e. The number of hydrogen-bond acceptors (Lipinski definition) is 4. The molecule has 1 aromatic carbocycles. The monoisotopic (exact) mass is 409 g/mol. The van der Waals surface area contributed by atoms with Crippen molar-refractivity contribution in [3.8, 4) is 0 Å². The zero-order chi connectivity index (χ0) is 21.1. The van der Waals surface area contributed by atoms with Crippen LogP contribution in [0.25, 0.3) is 0 Å². The summed E-state index contributed by atoms with van der Waals surface area (Å²) in [6.45, 7) is 4.02. The van der Waals surface area contributed by atoms with Gasteiger partial charge in [0, 0.05) is 32.2 Å². The number of fused-ring (bicyclic) bond motifs is 1. The molecule has 1 aliphatic heterocycles. The molecule has 0 spiro atoms. The largest absolute Gasteiger partial charge is 0.354 e. The molecule has 30 heavy (non-hydrogen) atoms. The highest BCUT2D eigenvalue weighted by atomic mass is 16.2. The van der Waals surface area contributed by atoms with Gasteiger partial charge < -0.3 is 15.5 Å². The van der Waals surface area contributed by atoms with Crippen LogP contribution >= 0.6 is 0 Å². The average molecular weight is 409 g/mol. The molecule has 1 aliphatic carbocycles. The van der Waals surface area contributed by atoms with E-state index in [0.29, 0.717) is 37.8 Å². The van der Waals surface area contributed by atoms with Gasteiger partial charge in [-0.15, -0.1) is 0 Å². The van der Waals surface area contributed by atoms with E-state index in [-0.39, 0.29) is 17.5 Å². The lowest BCUT2D eigenvalue weighted by Crippen LogP contribution is -2.45. The van der Waals surface area contributed by atoms with Crippen molar-refractivity contribution in [1.29, 1.82) is 0 Å². The molecule has 2 N–H and O–H groups in total. The summed E-state index contributed by atoms with van der Waals surface area (Å²) in [4.78, 5) is 39.6. The predicted molar refractivity (Wildman–Crippen MR) is 111 cm³/mol. The highest BCUT2D eigenvalue weighted by Gasteiger charge is 2.28. The van der Waals surface area contributed by atoms with Gasteiger partial charge in [-0.25, -0.2) is 0 Å². The summed E-state index contributed by atoms with van der Waals surface area (Å²) in [6.07, 6.45) is 3.06. The Morgan fingerprint density at radius 3 is 2.70 bits per heavy atom. The Morgan fingerprint density at radius 1 is 1.20 bits per heavy atom. The third-order valence-corrected chi connectivity index (χ3v) is 5.54. The first-order chi connectivity index (χ1) is 14.5. The van der Waals surface area contributed by atoms with Gasteiger partial charge in [0.2, 0.25) is 5.91 Å². The first-order valence-corrected chi connectivity index (χ1v) is 10.5. The smallest absolute Gasteiger partial charge is 0.272 e. The molecule has 1 fully saturated rings. The molecule has 2 aliphatic rings. The van der Waals surface area contributed by atoms with Crippen LogP contribution in [0.15, 0.2) is 36.4 Å². The molecule has 1 aromatic heterocycles. The summed E-state index contributed by atoms with van der Waals surface area (Å²) in [5.74, 6) is -0.225. The number of aryl methyl sites for hydroxylation is 1. The van der Waals surface area contributed by atoms with Crippen molar-refractivity contribution in [3.05, 3.63) is 53.3 Å². The van der Waals surface area contributed by atoms with E-state index in [9.17, 15) is 14.4 Å². The van der Waals surface area contributed by atoms with Crippen molar-refractivity contribution in [2.45, 2.75) is 45.3 Å². The number of hydrogen-bond donors (Lipinski definition) is 2. The molecule has 1 atom stereocenters. The molecule has 3 amide bonds. The van der Waals surface area contributed by atoms with E-state index in [2.05, 4.69) is 15.7 Å². The summed E-state index contributed by atoms with van der Waals surface area (Å²) in [5.41, 5.74) is 1.61. The Bertz CT molecular complexity index is 936. The number of amides is 3. The summed E-state index contributed by atoms with van der Waals surface area (Å²) in [6, 6.07) is 10.7. The third kappa shape index (κ3) is 4.69. The molecule has 0 radical (unpaired) electrons. The van der Waals surface area contributed by atoms with Crippen LogP contribution in [0.4, 0.5) is 0 Å². The molecule has 8 heteroatoms. The number of carbonyl (C=O) groups excluding carboxylic acids is 3. The second-order valence-electron chi connectivity index (χ2n) is 8.09. The Kier molecular flexibility index (Phi) is 5.83. The van der Waals surface area contributed by atoms with E-state index in [0.717, 1.165) is 24.8 Å². The van der Waals surface area contributed by atoms with Gasteiger partial charge in [-0.3, -0.25) is 19.1 Å². The zero-order valence-corrected chi connectivity index (χ0v) is 17.1. The Morgan fingerprint density at radius 2 is 1.97 bits per heavy atom. The lowest BCUT2D eigenvalue weighted by atomic mass is 10.2. The van der Waals surface area contributed by atoms with Gasteiger partial charge in [0.05, 0.1) is 0 Å². The fourth-order valence-corrected chi connectivity index (χ4v) is 3.56. The highest BCUT2D eigenvalue weighted by molar-refractivity contribution is 5.99. The van der Waals surface area contributed by atoms with Crippen LogP contribution in [0.1, 0.15) is 52.7 Å². The lowest BCUT2D eigenvalue weighted by Gasteiger charge is -2.20. The summed E-state index contributed by atoms with van der Waals surface area (Å²) >= 11 is 0. The molecule has 158 valence electrons. The SMILES string of the molecule is C[C@H](NC(=O)c1cc2n(n1)CCCN(Cc1ccccc1)C2=O)C(=O)NCC1CC1. The van der Waals surface area contributed by atoms with Crippen molar-refractivity contribution < 1.29 is 14.4 Å². The maximum Gasteiger partial charge on any atom is 0.272 e. The minimum absolute atomic E-state index is 0.141. The average Bonchev–Trinajstić information content (AvgIpc) is 3.50. The van der Waals surface area contributed by atoms with Crippen LogP contribution in [0.2, 0.25) is 0 Å². The standard InChI is InChI=1S/C22H27N5O3/c1-15(20(28)23-13-16-8-9-16)24-21(29)18-12-19-22(30)26(10-5-11-27(19)25-18)14-17-6-3-2-4-7-17/h2-4,6-7,12,15-16H,5,8-11,13-14H2,1H3,(H,23,28)(H,24,29)/t15-/m0/s1. The number of nitrogens with one attached hydrogen (secondary N) is 2.